The Balaban J connectivity index is 2.26. The van der Waals surface area contributed by atoms with Gasteiger partial charge in [0.25, 0.3) is 0 Å². The summed E-state index contributed by atoms with van der Waals surface area (Å²) in [6.07, 6.45) is 8.93. The van der Waals surface area contributed by atoms with Gasteiger partial charge in [0.05, 0.1) is 5.88 Å². The van der Waals surface area contributed by atoms with Crippen LogP contribution in [-0.4, -0.2) is 17.6 Å². The lowest BCUT2D eigenvalue weighted by atomic mass is 9.98. The average molecular weight is 239 g/mol. The number of rotatable bonds is 3. The highest BCUT2D eigenvalue weighted by atomic mass is 35.5. The third-order valence-electron chi connectivity index (χ3n) is 3.43. The van der Waals surface area contributed by atoms with Crippen molar-refractivity contribution in [2.45, 2.75) is 44.5 Å². The number of anilines is 1. The van der Waals surface area contributed by atoms with Gasteiger partial charge in [-0.3, -0.25) is 4.98 Å². The van der Waals surface area contributed by atoms with Crippen molar-refractivity contribution in [1.82, 2.24) is 4.98 Å². The molecule has 0 bridgehead atoms. The smallest absolute Gasteiger partial charge is 0.0509 e. The van der Waals surface area contributed by atoms with Crippen molar-refractivity contribution in [2.24, 2.45) is 0 Å². The molecule has 16 heavy (non-hydrogen) atoms. The molecule has 0 aliphatic carbocycles. The number of nitrogens with zero attached hydrogens (tertiary/aromatic N) is 2. The van der Waals surface area contributed by atoms with Gasteiger partial charge in [0.15, 0.2) is 0 Å². The van der Waals surface area contributed by atoms with E-state index in [2.05, 4.69) is 22.9 Å². The predicted octanol–water partition coefficient (Wildman–Crippen LogP) is 3.59. The molecule has 1 atom stereocenters. The molecule has 2 rings (SSSR count). The van der Waals surface area contributed by atoms with Gasteiger partial charge >= 0.3 is 0 Å². The van der Waals surface area contributed by atoms with Crippen molar-refractivity contribution >= 4 is 17.3 Å². The number of hydrogen-bond acceptors (Lipinski definition) is 2. The van der Waals surface area contributed by atoms with Crippen LogP contribution in [-0.2, 0) is 5.88 Å². The largest absolute Gasteiger partial charge is 0.368 e. The van der Waals surface area contributed by atoms with Crippen LogP contribution in [0.1, 0.15) is 38.2 Å². The minimum Gasteiger partial charge on any atom is -0.368 e. The summed E-state index contributed by atoms with van der Waals surface area (Å²) in [6, 6.07) is 2.78. The van der Waals surface area contributed by atoms with Gasteiger partial charge in [-0.25, -0.2) is 0 Å². The SMILES string of the molecule is CCC1CCCCN1c1ccncc1CCl. The summed E-state index contributed by atoms with van der Waals surface area (Å²) in [5.74, 6) is 0.552. The Morgan fingerprint density at radius 2 is 2.38 bits per heavy atom. The van der Waals surface area contributed by atoms with Gasteiger partial charge in [-0.15, -0.1) is 11.6 Å². The summed E-state index contributed by atoms with van der Waals surface area (Å²) in [7, 11) is 0. The third-order valence-corrected chi connectivity index (χ3v) is 3.72. The normalized spacial score (nSPS) is 21.1. The molecule has 0 aromatic carbocycles. The molecule has 0 N–H and O–H groups in total. The molecule has 0 radical (unpaired) electrons. The molecule has 88 valence electrons. The van der Waals surface area contributed by atoms with Gasteiger partial charge in [-0.05, 0) is 31.7 Å². The Morgan fingerprint density at radius 3 is 3.12 bits per heavy atom. The Kier molecular flexibility index (Phi) is 4.05. The number of halogens is 1. The zero-order chi connectivity index (χ0) is 11.4. The maximum Gasteiger partial charge on any atom is 0.0509 e. The van der Waals surface area contributed by atoms with E-state index >= 15 is 0 Å². The number of alkyl halides is 1. The van der Waals surface area contributed by atoms with Crippen LogP contribution in [0.5, 0.6) is 0 Å². The van der Waals surface area contributed by atoms with E-state index in [1.165, 1.54) is 31.4 Å². The first kappa shape index (κ1) is 11.7. The van der Waals surface area contributed by atoms with Crippen LogP contribution < -0.4 is 4.90 Å². The summed E-state index contributed by atoms with van der Waals surface area (Å²) in [6.45, 7) is 3.43. The van der Waals surface area contributed by atoms with Crippen molar-refractivity contribution in [2.75, 3.05) is 11.4 Å². The zero-order valence-corrected chi connectivity index (χ0v) is 10.6. The van der Waals surface area contributed by atoms with E-state index in [0.717, 1.165) is 12.1 Å². The fraction of sp³-hybridized carbons (Fsp3) is 0.615. The van der Waals surface area contributed by atoms with Gasteiger partial charge in [0.2, 0.25) is 0 Å². The Hall–Kier alpha value is -0.760. The standard InChI is InChI=1S/C13H19ClN2/c1-2-12-5-3-4-8-16(12)13-6-7-15-10-11(13)9-14/h6-7,10,12H,2-5,8-9H2,1H3. The van der Waals surface area contributed by atoms with Crippen LogP contribution in [0.3, 0.4) is 0 Å². The van der Waals surface area contributed by atoms with Gasteiger partial charge < -0.3 is 4.90 Å². The lowest BCUT2D eigenvalue weighted by Crippen LogP contribution is -2.39. The van der Waals surface area contributed by atoms with Crippen molar-refractivity contribution in [3.05, 3.63) is 24.0 Å². The van der Waals surface area contributed by atoms with E-state index in [1.807, 2.05) is 12.4 Å². The quantitative estimate of drug-likeness (QED) is 0.749. The van der Waals surface area contributed by atoms with Crippen LogP contribution in [0.15, 0.2) is 18.5 Å². The third kappa shape index (κ3) is 2.32. The molecule has 1 aliphatic rings. The highest BCUT2D eigenvalue weighted by Crippen LogP contribution is 2.29. The molecule has 1 aliphatic heterocycles. The Morgan fingerprint density at radius 1 is 1.50 bits per heavy atom. The van der Waals surface area contributed by atoms with Gasteiger partial charge in [0.1, 0.15) is 0 Å². The summed E-state index contributed by atoms with van der Waals surface area (Å²) < 4.78 is 0. The summed E-state index contributed by atoms with van der Waals surface area (Å²) >= 11 is 5.98. The highest BCUT2D eigenvalue weighted by Gasteiger charge is 2.22. The van der Waals surface area contributed by atoms with Gasteiger partial charge in [0, 0.05) is 36.2 Å². The van der Waals surface area contributed by atoms with E-state index in [1.54, 1.807) is 0 Å². The Labute approximate surface area is 103 Å². The molecule has 1 aromatic heterocycles. The summed E-state index contributed by atoms with van der Waals surface area (Å²) in [5, 5.41) is 0. The molecule has 1 saturated heterocycles. The van der Waals surface area contributed by atoms with Crippen molar-refractivity contribution in [3.63, 3.8) is 0 Å². The second kappa shape index (κ2) is 5.53. The number of pyridine rings is 1. The maximum absolute atomic E-state index is 5.98. The number of piperidine rings is 1. The van der Waals surface area contributed by atoms with Crippen molar-refractivity contribution in [1.29, 1.82) is 0 Å². The molecule has 1 fully saturated rings. The van der Waals surface area contributed by atoms with Crippen molar-refractivity contribution < 1.29 is 0 Å². The van der Waals surface area contributed by atoms with Gasteiger partial charge in [-0.1, -0.05) is 6.92 Å². The van der Waals surface area contributed by atoms with Crippen LogP contribution in [0.4, 0.5) is 5.69 Å². The molecular formula is C13H19ClN2. The topological polar surface area (TPSA) is 16.1 Å². The molecule has 2 heterocycles. The molecule has 1 aromatic rings. The lowest BCUT2D eigenvalue weighted by molar-refractivity contribution is 0.449. The minimum atomic E-state index is 0.552. The molecular weight excluding hydrogens is 220 g/mol. The zero-order valence-electron chi connectivity index (χ0n) is 9.82. The van der Waals surface area contributed by atoms with Crippen LogP contribution in [0, 0.1) is 0 Å². The minimum absolute atomic E-state index is 0.552. The maximum atomic E-state index is 5.98. The molecule has 0 spiro atoms. The average Bonchev–Trinajstić information content (AvgIpc) is 2.38. The number of hydrogen-bond donors (Lipinski definition) is 0. The first-order chi connectivity index (χ1) is 7.86. The van der Waals surface area contributed by atoms with E-state index in [0.29, 0.717) is 11.9 Å². The lowest BCUT2D eigenvalue weighted by Gasteiger charge is -2.38. The number of aromatic nitrogens is 1. The van der Waals surface area contributed by atoms with Crippen molar-refractivity contribution in [3.8, 4) is 0 Å². The van der Waals surface area contributed by atoms with E-state index < -0.39 is 0 Å². The summed E-state index contributed by atoms with van der Waals surface area (Å²) in [5.41, 5.74) is 2.45. The molecule has 0 saturated carbocycles. The highest BCUT2D eigenvalue weighted by molar-refractivity contribution is 6.17. The molecule has 2 nitrogen and oxygen atoms in total. The Bertz CT molecular complexity index is 340. The second-order valence-electron chi connectivity index (χ2n) is 4.39. The van der Waals surface area contributed by atoms with Gasteiger partial charge in [-0.2, -0.15) is 0 Å². The van der Waals surface area contributed by atoms with E-state index in [4.69, 9.17) is 11.6 Å². The van der Waals surface area contributed by atoms with E-state index in [9.17, 15) is 0 Å². The first-order valence-electron chi connectivity index (χ1n) is 6.12. The fourth-order valence-corrected chi connectivity index (χ4v) is 2.75. The molecule has 0 amide bonds. The van der Waals surface area contributed by atoms with Crippen LogP contribution in [0.2, 0.25) is 0 Å². The molecule has 3 heteroatoms. The first-order valence-corrected chi connectivity index (χ1v) is 6.65. The fourth-order valence-electron chi connectivity index (χ4n) is 2.55. The predicted molar refractivity (Wildman–Crippen MR) is 69.1 cm³/mol. The molecule has 1 unspecified atom stereocenters. The van der Waals surface area contributed by atoms with Crippen LogP contribution >= 0.6 is 11.6 Å². The second-order valence-corrected chi connectivity index (χ2v) is 4.66. The summed E-state index contributed by atoms with van der Waals surface area (Å²) in [4.78, 5) is 6.67. The van der Waals surface area contributed by atoms with Crippen LogP contribution in [0.25, 0.3) is 0 Å². The van der Waals surface area contributed by atoms with E-state index in [-0.39, 0.29) is 0 Å². The monoisotopic (exact) mass is 238 g/mol.